The standard InChI is InChI=1S/C23H34N6/c1-22(2)14-18(15-23(3,4)27-22)28(5)20(25)10-9-19(24)17-8-11-21(26-16-17)29-12-6-7-13-29/h6-13,16,18,27H,14-15,24-25H2,1-5H3/b19-9-,20-10+. The summed E-state index contributed by atoms with van der Waals surface area (Å²) in [5.41, 5.74) is 14.3. The highest BCUT2D eigenvalue weighted by atomic mass is 15.2. The summed E-state index contributed by atoms with van der Waals surface area (Å²) in [4.78, 5) is 6.65. The van der Waals surface area contributed by atoms with Gasteiger partial charge in [0.15, 0.2) is 0 Å². The molecule has 0 amide bonds. The van der Waals surface area contributed by atoms with Crippen LogP contribution in [0.15, 0.2) is 60.8 Å². The monoisotopic (exact) mass is 394 g/mol. The van der Waals surface area contributed by atoms with Crippen molar-refractivity contribution in [2.75, 3.05) is 7.05 Å². The highest BCUT2D eigenvalue weighted by molar-refractivity contribution is 5.63. The van der Waals surface area contributed by atoms with Crippen molar-refractivity contribution in [2.24, 2.45) is 11.5 Å². The van der Waals surface area contributed by atoms with Gasteiger partial charge in [-0.05, 0) is 77.0 Å². The van der Waals surface area contributed by atoms with E-state index in [4.69, 9.17) is 11.5 Å². The van der Waals surface area contributed by atoms with Crippen molar-refractivity contribution >= 4 is 5.70 Å². The van der Waals surface area contributed by atoms with Gasteiger partial charge in [0.25, 0.3) is 0 Å². The lowest BCUT2D eigenvalue weighted by molar-refractivity contribution is 0.0981. The SMILES string of the molecule is CN(/C(N)=C/C=C(\N)c1ccc(-n2cccc2)nc1)C1CC(C)(C)NC(C)(C)C1. The Kier molecular flexibility index (Phi) is 5.75. The van der Waals surface area contributed by atoms with Gasteiger partial charge in [0.1, 0.15) is 5.82 Å². The molecule has 0 radical (unpaired) electrons. The van der Waals surface area contributed by atoms with Crippen LogP contribution >= 0.6 is 0 Å². The van der Waals surface area contributed by atoms with Crippen molar-refractivity contribution in [2.45, 2.75) is 57.7 Å². The second-order valence-corrected chi connectivity index (χ2v) is 9.27. The van der Waals surface area contributed by atoms with Crippen LogP contribution in [0.1, 0.15) is 46.1 Å². The largest absolute Gasteiger partial charge is 0.398 e. The van der Waals surface area contributed by atoms with Gasteiger partial charge in [-0.3, -0.25) is 0 Å². The molecule has 29 heavy (non-hydrogen) atoms. The molecule has 6 nitrogen and oxygen atoms in total. The molecule has 0 unspecified atom stereocenters. The molecular formula is C23H34N6. The van der Waals surface area contributed by atoms with Crippen molar-refractivity contribution < 1.29 is 0 Å². The molecule has 0 spiro atoms. The zero-order valence-corrected chi connectivity index (χ0v) is 18.2. The molecule has 0 saturated carbocycles. The Labute approximate surface area is 174 Å². The van der Waals surface area contributed by atoms with Crippen LogP contribution in [-0.2, 0) is 0 Å². The maximum absolute atomic E-state index is 6.39. The zero-order chi connectivity index (χ0) is 21.2. The van der Waals surface area contributed by atoms with Crippen LogP contribution < -0.4 is 16.8 Å². The fourth-order valence-corrected chi connectivity index (χ4v) is 4.34. The van der Waals surface area contributed by atoms with Gasteiger partial charge in [-0.15, -0.1) is 0 Å². The molecule has 1 aliphatic heterocycles. The molecule has 3 heterocycles. The predicted octanol–water partition coefficient (Wildman–Crippen LogP) is 3.21. The van der Waals surface area contributed by atoms with Gasteiger partial charge in [-0.25, -0.2) is 4.98 Å². The first kappa shape index (κ1) is 21.0. The third kappa shape index (κ3) is 5.21. The summed E-state index contributed by atoms with van der Waals surface area (Å²) < 4.78 is 1.96. The molecule has 0 atom stereocenters. The molecule has 0 aliphatic carbocycles. The molecular weight excluding hydrogens is 360 g/mol. The molecule has 1 saturated heterocycles. The summed E-state index contributed by atoms with van der Waals surface area (Å²) in [6, 6.07) is 8.24. The zero-order valence-electron chi connectivity index (χ0n) is 18.2. The van der Waals surface area contributed by atoms with Gasteiger partial charge in [0.05, 0.1) is 5.82 Å². The van der Waals surface area contributed by atoms with Gasteiger partial charge in [0, 0.05) is 54.0 Å². The average molecular weight is 395 g/mol. The number of hydrogen-bond donors (Lipinski definition) is 3. The summed E-state index contributed by atoms with van der Waals surface area (Å²) in [6.07, 6.45) is 11.5. The lowest BCUT2D eigenvalue weighted by Crippen LogP contribution is -2.61. The summed E-state index contributed by atoms with van der Waals surface area (Å²) >= 11 is 0. The fourth-order valence-electron chi connectivity index (χ4n) is 4.34. The predicted molar refractivity (Wildman–Crippen MR) is 120 cm³/mol. The number of rotatable bonds is 5. The molecule has 0 bridgehead atoms. The Morgan fingerprint density at radius 2 is 1.72 bits per heavy atom. The minimum Gasteiger partial charge on any atom is -0.398 e. The van der Waals surface area contributed by atoms with E-state index in [1.165, 1.54) is 0 Å². The number of hydrogen-bond acceptors (Lipinski definition) is 5. The van der Waals surface area contributed by atoms with Crippen LogP contribution in [0.3, 0.4) is 0 Å². The first-order valence-electron chi connectivity index (χ1n) is 10.1. The van der Waals surface area contributed by atoms with Crippen molar-refractivity contribution in [3.05, 3.63) is 66.4 Å². The van der Waals surface area contributed by atoms with E-state index in [1.54, 1.807) is 6.20 Å². The highest BCUT2D eigenvalue weighted by Gasteiger charge is 2.39. The van der Waals surface area contributed by atoms with E-state index in [-0.39, 0.29) is 11.1 Å². The molecule has 5 N–H and O–H groups in total. The lowest BCUT2D eigenvalue weighted by Gasteiger charge is -2.49. The Morgan fingerprint density at radius 1 is 1.10 bits per heavy atom. The fraction of sp³-hybridized carbons (Fsp3) is 0.435. The number of nitrogens with zero attached hydrogens (tertiary/aromatic N) is 3. The van der Waals surface area contributed by atoms with Crippen molar-refractivity contribution in [1.82, 2.24) is 19.8 Å². The minimum atomic E-state index is 0.0724. The lowest BCUT2D eigenvalue weighted by atomic mass is 9.79. The van der Waals surface area contributed by atoms with Crippen LogP contribution in [0.4, 0.5) is 0 Å². The number of allylic oxidation sites excluding steroid dienone is 2. The third-order valence-electron chi connectivity index (χ3n) is 5.51. The van der Waals surface area contributed by atoms with Crippen LogP contribution in [0.5, 0.6) is 0 Å². The second kappa shape index (κ2) is 7.95. The van der Waals surface area contributed by atoms with E-state index in [2.05, 4.69) is 49.9 Å². The van der Waals surface area contributed by atoms with Crippen LogP contribution in [-0.4, -0.2) is 38.6 Å². The number of nitrogens with two attached hydrogens (primary N) is 2. The summed E-state index contributed by atoms with van der Waals surface area (Å²) in [5, 5.41) is 3.71. The first-order chi connectivity index (χ1) is 13.6. The summed E-state index contributed by atoms with van der Waals surface area (Å²) in [5.74, 6) is 1.57. The Balaban J connectivity index is 1.71. The summed E-state index contributed by atoms with van der Waals surface area (Å²) in [6.45, 7) is 8.99. The van der Waals surface area contributed by atoms with Gasteiger partial charge in [0.2, 0.25) is 0 Å². The van der Waals surface area contributed by atoms with Crippen LogP contribution in [0.2, 0.25) is 0 Å². The molecule has 2 aromatic rings. The molecule has 2 aromatic heterocycles. The van der Waals surface area contributed by atoms with E-state index in [0.717, 1.165) is 24.2 Å². The normalized spacial score (nSPS) is 19.9. The molecule has 6 heteroatoms. The Hall–Kier alpha value is -2.73. The number of nitrogens with one attached hydrogen (secondary N) is 1. The average Bonchev–Trinajstić information content (AvgIpc) is 3.17. The minimum absolute atomic E-state index is 0.0724. The van der Waals surface area contributed by atoms with Crippen molar-refractivity contribution in [3.63, 3.8) is 0 Å². The van der Waals surface area contributed by atoms with Crippen LogP contribution in [0.25, 0.3) is 11.5 Å². The Morgan fingerprint density at radius 3 is 2.28 bits per heavy atom. The number of aromatic nitrogens is 2. The topological polar surface area (TPSA) is 85.1 Å². The van der Waals surface area contributed by atoms with E-state index in [0.29, 0.717) is 17.6 Å². The van der Waals surface area contributed by atoms with Gasteiger partial charge < -0.3 is 26.3 Å². The third-order valence-corrected chi connectivity index (χ3v) is 5.51. The number of piperidine rings is 1. The smallest absolute Gasteiger partial charge is 0.136 e. The van der Waals surface area contributed by atoms with Crippen molar-refractivity contribution in [1.29, 1.82) is 0 Å². The molecule has 156 valence electrons. The maximum atomic E-state index is 6.39. The van der Waals surface area contributed by atoms with E-state index < -0.39 is 0 Å². The van der Waals surface area contributed by atoms with E-state index >= 15 is 0 Å². The van der Waals surface area contributed by atoms with Crippen LogP contribution in [0, 0.1) is 0 Å². The molecule has 1 fully saturated rings. The van der Waals surface area contributed by atoms with Crippen molar-refractivity contribution in [3.8, 4) is 5.82 Å². The molecule has 1 aliphatic rings. The molecule has 3 rings (SSSR count). The Bertz CT molecular complexity index is 859. The van der Waals surface area contributed by atoms with Gasteiger partial charge >= 0.3 is 0 Å². The van der Waals surface area contributed by atoms with E-state index in [9.17, 15) is 0 Å². The molecule has 0 aromatic carbocycles. The second-order valence-electron chi connectivity index (χ2n) is 9.27. The quantitative estimate of drug-likeness (QED) is 0.678. The van der Waals surface area contributed by atoms with E-state index in [1.807, 2.05) is 53.4 Å². The maximum Gasteiger partial charge on any atom is 0.136 e. The highest BCUT2D eigenvalue weighted by Crippen LogP contribution is 2.31. The summed E-state index contributed by atoms with van der Waals surface area (Å²) in [7, 11) is 2.06. The first-order valence-corrected chi connectivity index (χ1v) is 10.1. The number of pyridine rings is 1. The van der Waals surface area contributed by atoms with Gasteiger partial charge in [-0.2, -0.15) is 0 Å². The van der Waals surface area contributed by atoms with Gasteiger partial charge in [-0.1, -0.05) is 0 Å².